The Kier molecular flexibility index (Phi) is 6.21. The molecule has 0 saturated heterocycles. The van der Waals surface area contributed by atoms with Gasteiger partial charge in [0.1, 0.15) is 11.5 Å². The van der Waals surface area contributed by atoms with Crippen LogP contribution in [0.15, 0.2) is 66.9 Å². The van der Waals surface area contributed by atoms with E-state index in [1.54, 1.807) is 30.3 Å². The van der Waals surface area contributed by atoms with Crippen LogP contribution in [0.25, 0.3) is 0 Å². The number of aromatic nitrogens is 2. The first kappa shape index (κ1) is 19.6. The zero-order valence-electron chi connectivity index (χ0n) is 15.2. The van der Waals surface area contributed by atoms with Crippen LogP contribution in [0.4, 0.5) is 16.2 Å². The first-order chi connectivity index (χ1) is 14.0. The highest BCUT2D eigenvalue weighted by molar-refractivity contribution is 5.93. The van der Waals surface area contributed by atoms with E-state index in [2.05, 4.69) is 25.9 Å². The molecule has 0 aliphatic carbocycles. The second-order valence-electron chi connectivity index (χ2n) is 6.07. The highest BCUT2D eigenvalue weighted by Gasteiger charge is 2.20. The maximum Gasteiger partial charge on any atom is 0.347 e. The molecule has 0 bridgehead atoms. The molecule has 148 valence electrons. The second-order valence-corrected chi connectivity index (χ2v) is 6.07. The lowest BCUT2D eigenvalue weighted by Gasteiger charge is -2.17. The van der Waals surface area contributed by atoms with Crippen LogP contribution < -0.4 is 16.0 Å². The minimum Gasteiger partial charge on any atom is -0.492 e. The average Bonchev–Trinajstić information content (AvgIpc) is 2.71. The summed E-state index contributed by atoms with van der Waals surface area (Å²) in [6.45, 7) is 0. The maximum absolute atomic E-state index is 12.2. The Labute approximate surface area is 166 Å². The maximum atomic E-state index is 12.2. The van der Waals surface area contributed by atoms with Gasteiger partial charge in [0, 0.05) is 12.1 Å². The number of hydrogen-bond donors (Lipinski definition) is 5. The molecule has 0 aliphatic rings. The lowest BCUT2D eigenvalue weighted by Crippen LogP contribution is -2.47. The van der Waals surface area contributed by atoms with Crippen molar-refractivity contribution in [3.63, 3.8) is 0 Å². The van der Waals surface area contributed by atoms with Crippen molar-refractivity contribution in [1.29, 1.82) is 0 Å². The van der Waals surface area contributed by atoms with Crippen molar-refractivity contribution in [3.8, 4) is 5.88 Å². The van der Waals surface area contributed by atoms with Crippen LogP contribution in [0, 0.1) is 0 Å². The number of nitrogens with one attached hydrogen (secondary N) is 3. The van der Waals surface area contributed by atoms with Crippen molar-refractivity contribution in [1.82, 2.24) is 15.3 Å². The van der Waals surface area contributed by atoms with Gasteiger partial charge in [-0.25, -0.2) is 14.6 Å². The molecular weight excluding hydrogens is 374 g/mol. The summed E-state index contributed by atoms with van der Waals surface area (Å²) in [7, 11) is 0. The van der Waals surface area contributed by atoms with Crippen molar-refractivity contribution in [2.75, 3.05) is 10.6 Å². The molecule has 5 N–H and O–H groups in total. The number of anilines is 2. The van der Waals surface area contributed by atoms with Crippen molar-refractivity contribution in [3.05, 3.63) is 78.2 Å². The third kappa shape index (κ3) is 5.67. The molecule has 0 radical (unpaired) electrons. The Morgan fingerprint density at radius 1 is 1.00 bits per heavy atom. The lowest BCUT2D eigenvalue weighted by atomic mass is 10.1. The molecule has 1 atom stereocenters. The van der Waals surface area contributed by atoms with Crippen molar-refractivity contribution < 1.29 is 19.8 Å². The summed E-state index contributed by atoms with van der Waals surface area (Å²) in [6, 6.07) is 17.2. The second kappa shape index (κ2) is 9.18. The van der Waals surface area contributed by atoms with E-state index in [0.717, 1.165) is 5.56 Å². The number of amides is 2. The van der Waals surface area contributed by atoms with Crippen LogP contribution in [-0.4, -0.2) is 38.3 Å². The van der Waals surface area contributed by atoms with Crippen LogP contribution in [-0.2, 0) is 11.2 Å². The van der Waals surface area contributed by atoms with Crippen LogP contribution in [0.3, 0.4) is 0 Å². The normalized spacial score (nSPS) is 11.3. The first-order valence-electron chi connectivity index (χ1n) is 8.72. The monoisotopic (exact) mass is 393 g/mol. The van der Waals surface area contributed by atoms with Crippen molar-refractivity contribution >= 4 is 23.4 Å². The fraction of sp³-hybridized carbons (Fsp3) is 0.100. The number of carbonyl (C=O) groups excluding carboxylic acids is 1. The zero-order valence-corrected chi connectivity index (χ0v) is 15.2. The number of aromatic hydroxyl groups is 1. The minimum atomic E-state index is -1.38. The Balaban J connectivity index is 1.62. The van der Waals surface area contributed by atoms with Gasteiger partial charge < -0.3 is 26.2 Å². The molecule has 9 nitrogen and oxygen atoms in total. The summed E-state index contributed by atoms with van der Waals surface area (Å²) >= 11 is 0. The van der Waals surface area contributed by atoms with Gasteiger partial charge in [-0.15, -0.1) is 0 Å². The average molecular weight is 393 g/mol. The predicted octanol–water partition coefficient (Wildman–Crippen LogP) is 2.42. The quantitative estimate of drug-likeness (QED) is 0.389. The van der Waals surface area contributed by atoms with Gasteiger partial charge in [0.05, 0.1) is 6.20 Å². The van der Waals surface area contributed by atoms with Gasteiger partial charge in [0.2, 0.25) is 12.0 Å². The van der Waals surface area contributed by atoms with Gasteiger partial charge >= 0.3 is 12.0 Å². The number of aliphatic carboxylic acids is 1. The Morgan fingerprint density at radius 2 is 1.66 bits per heavy atom. The number of carboxylic acids is 1. The minimum absolute atomic E-state index is 0.0387. The molecule has 0 spiro atoms. The number of para-hydroxylation sites is 1. The smallest absolute Gasteiger partial charge is 0.347 e. The number of carbonyl (C=O) groups is 2. The van der Waals surface area contributed by atoms with Gasteiger partial charge in [-0.05, 0) is 17.7 Å². The standard InChI is InChI=1S/C20H19N5O4/c26-18-15(12-21-16(24-18)11-13-7-3-1-4-8-13)23-20(29)25-17(19(27)28)22-14-9-5-2-6-10-14/h1-10,12,17,22H,11H2,(H,27,28)(H,21,24,26)(H2,23,25,29)/t17-/m0/s1. The topological polar surface area (TPSA) is 136 Å². The van der Waals surface area contributed by atoms with Gasteiger partial charge in [-0.2, -0.15) is 4.98 Å². The summed E-state index contributed by atoms with van der Waals surface area (Å²) in [5.74, 6) is -1.31. The summed E-state index contributed by atoms with van der Waals surface area (Å²) in [4.78, 5) is 31.6. The number of rotatable bonds is 7. The van der Waals surface area contributed by atoms with E-state index in [1.165, 1.54) is 6.20 Å². The van der Waals surface area contributed by atoms with Crippen LogP contribution in [0.5, 0.6) is 5.88 Å². The highest BCUT2D eigenvalue weighted by atomic mass is 16.4. The number of hydrogen-bond acceptors (Lipinski definition) is 6. The molecule has 0 fully saturated rings. The summed E-state index contributed by atoms with van der Waals surface area (Å²) < 4.78 is 0. The number of carboxylic acid groups (broad SMARTS) is 1. The van der Waals surface area contributed by atoms with Crippen molar-refractivity contribution in [2.45, 2.75) is 12.6 Å². The highest BCUT2D eigenvalue weighted by Crippen LogP contribution is 2.19. The van der Waals surface area contributed by atoms with Gasteiger partial charge in [-0.3, -0.25) is 0 Å². The van der Waals surface area contributed by atoms with Crippen LogP contribution >= 0.6 is 0 Å². The van der Waals surface area contributed by atoms with Crippen LogP contribution in [0.2, 0.25) is 0 Å². The molecule has 1 aromatic heterocycles. The molecule has 3 aromatic rings. The summed E-state index contributed by atoms with van der Waals surface area (Å²) in [5, 5.41) is 26.7. The molecule has 1 heterocycles. The van der Waals surface area contributed by atoms with E-state index in [-0.39, 0.29) is 5.69 Å². The van der Waals surface area contributed by atoms with E-state index in [4.69, 9.17) is 0 Å². The largest absolute Gasteiger partial charge is 0.492 e. The molecule has 3 rings (SSSR count). The predicted molar refractivity (Wildman–Crippen MR) is 107 cm³/mol. The van der Waals surface area contributed by atoms with Crippen LogP contribution in [0.1, 0.15) is 11.4 Å². The first-order valence-corrected chi connectivity index (χ1v) is 8.72. The molecule has 0 aliphatic heterocycles. The molecule has 9 heteroatoms. The van der Waals surface area contributed by atoms with Gasteiger partial charge in [-0.1, -0.05) is 48.5 Å². The fourth-order valence-corrected chi connectivity index (χ4v) is 2.51. The molecule has 29 heavy (non-hydrogen) atoms. The Morgan fingerprint density at radius 3 is 2.28 bits per heavy atom. The lowest BCUT2D eigenvalue weighted by molar-refractivity contribution is -0.138. The van der Waals surface area contributed by atoms with Gasteiger partial charge in [0.25, 0.3) is 0 Å². The third-order valence-corrected chi connectivity index (χ3v) is 3.88. The Hall–Kier alpha value is -4.14. The summed E-state index contributed by atoms with van der Waals surface area (Å²) in [6.07, 6.45) is 0.307. The van der Waals surface area contributed by atoms with E-state index < -0.39 is 24.0 Å². The number of urea groups is 1. The fourth-order valence-electron chi connectivity index (χ4n) is 2.51. The summed E-state index contributed by atoms with van der Waals surface area (Å²) in [5.41, 5.74) is 1.46. The molecule has 2 amide bonds. The zero-order chi connectivity index (χ0) is 20.6. The molecular formula is C20H19N5O4. The Bertz CT molecular complexity index is 983. The van der Waals surface area contributed by atoms with E-state index in [0.29, 0.717) is 17.9 Å². The molecule has 2 aromatic carbocycles. The molecule has 0 unspecified atom stereocenters. The number of benzene rings is 2. The molecule has 0 saturated carbocycles. The third-order valence-electron chi connectivity index (χ3n) is 3.88. The number of nitrogens with zero attached hydrogens (tertiary/aromatic N) is 2. The van der Waals surface area contributed by atoms with E-state index >= 15 is 0 Å². The SMILES string of the molecule is O=C(Nc1cnc(Cc2ccccc2)nc1O)N[C@H](Nc1ccccc1)C(=O)O. The van der Waals surface area contributed by atoms with Crippen molar-refractivity contribution in [2.24, 2.45) is 0 Å². The van der Waals surface area contributed by atoms with Gasteiger partial charge in [0.15, 0.2) is 0 Å². The van der Waals surface area contributed by atoms with E-state index in [9.17, 15) is 19.8 Å². The van der Waals surface area contributed by atoms with E-state index in [1.807, 2.05) is 30.3 Å².